The Hall–Kier alpha value is -1.42. The highest BCUT2D eigenvalue weighted by Crippen LogP contribution is 2.30. The number of nitrogens with one attached hydrogen (secondary N) is 1. The number of likely N-dealkylation sites (N-methyl/N-ethyl adjacent to an activating group) is 1. The lowest BCUT2D eigenvalue weighted by Crippen LogP contribution is -2.53. The van der Waals surface area contributed by atoms with Crippen LogP contribution < -0.4 is 5.32 Å². The van der Waals surface area contributed by atoms with Gasteiger partial charge in [-0.2, -0.15) is 0 Å². The van der Waals surface area contributed by atoms with Crippen LogP contribution >= 0.6 is 0 Å². The second-order valence-electron chi connectivity index (χ2n) is 5.39. The minimum absolute atomic E-state index is 0.171. The van der Waals surface area contributed by atoms with Crippen molar-refractivity contribution in [1.82, 2.24) is 15.2 Å². The highest BCUT2D eigenvalue weighted by molar-refractivity contribution is 5.86. The van der Waals surface area contributed by atoms with E-state index in [1.807, 2.05) is 37.9 Å². The molecule has 4 nitrogen and oxygen atoms in total. The fourth-order valence-corrected chi connectivity index (χ4v) is 1.90. The molecule has 0 aromatic carbocycles. The molecule has 0 aliphatic heterocycles. The standard InChI is InChI=1S/C14H21N3O/c1-14(2,15-3)13(18)17(12-4-5-12)10-11-6-8-16-9-7-11/h6-9,12,15H,4-5,10H2,1-3H3. The Morgan fingerprint density at radius 3 is 2.56 bits per heavy atom. The quantitative estimate of drug-likeness (QED) is 0.859. The van der Waals surface area contributed by atoms with E-state index in [1.165, 1.54) is 0 Å². The molecule has 0 radical (unpaired) electrons. The number of nitrogens with zero attached hydrogens (tertiary/aromatic N) is 2. The van der Waals surface area contributed by atoms with Crippen LogP contribution in [0.15, 0.2) is 24.5 Å². The molecule has 2 rings (SSSR count). The Bertz CT molecular complexity index is 412. The van der Waals surface area contributed by atoms with Gasteiger partial charge in [0.05, 0.1) is 5.54 Å². The van der Waals surface area contributed by atoms with Crippen LogP contribution in [0.4, 0.5) is 0 Å². The van der Waals surface area contributed by atoms with Crippen LogP contribution in [0.2, 0.25) is 0 Å². The molecule has 0 bridgehead atoms. The summed E-state index contributed by atoms with van der Waals surface area (Å²) in [4.78, 5) is 18.5. The maximum Gasteiger partial charge on any atom is 0.242 e. The zero-order valence-electron chi connectivity index (χ0n) is 11.3. The monoisotopic (exact) mass is 247 g/mol. The summed E-state index contributed by atoms with van der Waals surface area (Å²) in [6, 6.07) is 4.35. The summed E-state index contributed by atoms with van der Waals surface area (Å²) < 4.78 is 0. The predicted molar refractivity (Wildman–Crippen MR) is 70.9 cm³/mol. The molecule has 1 saturated carbocycles. The van der Waals surface area contributed by atoms with Crippen LogP contribution in [0, 0.1) is 0 Å². The van der Waals surface area contributed by atoms with Gasteiger partial charge in [0.2, 0.25) is 5.91 Å². The first-order valence-electron chi connectivity index (χ1n) is 6.43. The van der Waals surface area contributed by atoms with Gasteiger partial charge < -0.3 is 10.2 Å². The van der Waals surface area contributed by atoms with Crippen molar-refractivity contribution in [3.8, 4) is 0 Å². The number of carbonyl (C=O) groups excluding carboxylic acids is 1. The van der Waals surface area contributed by atoms with Crippen molar-refractivity contribution in [2.45, 2.75) is 44.8 Å². The largest absolute Gasteiger partial charge is 0.334 e. The number of carbonyl (C=O) groups is 1. The third-order valence-electron chi connectivity index (χ3n) is 3.51. The van der Waals surface area contributed by atoms with E-state index in [-0.39, 0.29) is 5.91 Å². The van der Waals surface area contributed by atoms with E-state index in [0.717, 1.165) is 18.4 Å². The Labute approximate surface area is 108 Å². The van der Waals surface area contributed by atoms with Crippen LogP contribution in [0.1, 0.15) is 32.3 Å². The lowest BCUT2D eigenvalue weighted by atomic mass is 10.0. The molecular weight excluding hydrogens is 226 g/mol. The van der Waals surface area contributed by atoms with E-state index in [4.69, 9.17) is 0 Å². The van der Waals surface area contributed by atoms with Crippen molar-refractivity contribution in [1.29, 1.82) is 0 Å². The summed E-state index contributed by atoms with van der Waals surface area (Å²) in [6.07, 6.45) is 5.79. The molecule has 98 valence electrons. The smallest absolute Gasteiger partial charge is 0.242 e. The molecule has 0 unspecified atom stereocenters. The first-order valence-corrected chi connectivity index (χ1v) is 6.43. The third-order valence-corrected chi connectivity index (χ3v) is 3.51. The molecule has 0 saturated heterocycles. The Morgan fingerprint density at radius 2 is 2.06 bits per heavy atom. The molecule has 1 aliphatic rings. The fraction of sp³-hybridized carbons (Fsp3) is 0.571. The van der Waals surface area contributed by atoms with Gasteiger partial charge in [-0.3, -0.25) is 9.78 Å². The van der Waals surface area contributed by atoms with Crippen molar-refractivity contribution in [2.75, 3.05) is 7.05 Å². The average molecular weight is 247 g/mol. The molecule has 1 aromatic rings. The molecule has 1 fully saturated rings. The summed E-state index contributed by atoms with van der Waals surface area (Å²) in [5.74, 6) is 0.171. The molecule has 1 aromatic heterocycles. The fourth-order valence-electron chi connectivity index (χ4n) is 1.90. The SMILES string of the molecule is CNC(C)(C)C(=O)N(Cc1ccncc1)C1CC1. The number of aromatic nitrogens is 1. The van der Waals surface area contributed by atoms with E-state index in [1.54, 1.807) is 12.4 Å². The normalized spacial score (nSPS) is 15.5. The maximum absolute atomic E-state index is 12.5. The number of rotatable bonds is 5. The minimum atomic E-state index is -0.504. The third kappa shape index (κ3) is 2.88. The highest BCUT2D eigenvalue weighted by atomic mass is 16.2. The van der Waals surface area contributed by atoms with Gasteiger partial charge >= 0.3 is 0 Å². The number of pyridine rings is 1. The number of hydrogen-bond donors (Lipinski definition) is 1. The van der Waals surface area contributed by atoms with Crippen molar-refractivity contribution < 1.29 is 4.79 Å². The van der Waals surface area contributed by atoms with Crippen molar-refractivity contribution in [3.63, 3.8) is 0 Å². The highest BCUT2D eigenvalue weighted by Gasteiger charge is 2.38. The van der Waals surface area contributed by atoms with E-state index in [0.29, 0.717) is 12.6 Å². The van der Waals surface area contributed by atoms with Gasteiger partial charge in [0.15, 0.2) is 0 Å². The Balaban J connectivity index is 2.12. The van der Waals surface area contributed by atoms with E-state index in [2.05, 4.69) is 10.3 Å². The van der Waals surface area contributed by atoms with Crippen LogP contribution in [0.3, 0.4) is 0 Å². The van der Waals surface area contributed by atoms with E-state index >= 15 is 0 Å². The first kappa shape index (κ1) is 13.0. The molecule has 18 heavy (non-hydrogen) atoms. The second kappa shape index (κ2) is 5.06. The number of amides is 1. The van der Waals surface area contributed by atoms with Crippen molar-refractivity contribution >= 4 is 5.91 Å². The zero-order valence-corrected chi connectivity index (χ0v) is 11.3. The minimum Gasteiger partial charge on any atom is -0.334 e. The lowest BCUT2D eigenvalue weighted by molar-refractivity contribution is -0.138. The van der Waals surface area contributed by atoms with Gasteiger partial charge in [-0.15, -0.1) is 0 Å². The summed E-state index contributed by atoms with van der Waals surface area (Å²) in [5.41, 5.74) is 0.632. The van der Waals surface area contributed by atoms with E-state index < -0.39 is 5.54 Å². The van der Waals surface area contributed by atoms with Crippen LogP contribution in [-0.4, -0.2) is 34.4 Å². The first-order chi connectivity index (χ1) is 8.54. The second-order valence-corrected chi connectivity index (χ2v) is 5.39. The summed E-state index contributed by atoms with van der Waals surface area (Å²) in [7, 11) is 1.83. The average Bonchev–Trinajstić information content (AvgIpc) is 3.20. The lowest BCUT2D eigenvalue weighted by Gasteiger charge is -2.32. The van der Waals surface area contributed by atoms with Gasteiger partial charge in [-0.25, -0.2) is 0 Å². The van der Waals surface area contributed by atoms with Gasteiger partial charge in [0.25, 0.3) is 0 Å². The maximum atomic E-state index is 12.5. The Kier molecular flexibility index (Phi) is 3.66. The van der Waals surface area contributed by atoms with Gasteiger partial charge in [0, 0.05) is 25.0 Å². The molecule has 1 heterocycles. The van der Waals surface area contributed by atoms with Gasteiger partial charge in [-0.1, -0.05) is 0 Å². The van der Waals surface area contributed by atoms with Gasteiger partial charge in [0.1, 0.15) is 0 Å². The molecule has 1 N–H and O–H groups in total. The number of hydrogen-bond acceptors (Lipinski definition) is 3. The van der Waals surface area contributed by atoms with Crippen LogP contribution in [0.5, 0.6) is 0 Å². The molecule has 0 atom stereocenters. The topological polar surface area (TPSA) is 45.2 Å². The van der Waals surface area contributed by atoms with Gasteiger partial charge in [-0.05, 0) is 51.4 Å². The summed E-state index contributed by atoms with van der Waals surface area (Å²) in [6.45, 7) is 4.53. The van der Waals surface area contributed by atoms with Crippen LogP contribution in [0.25, 0.3) is 0 Å². The molecule has 0 spiro atoms. The molecule has 1 aliphatic carbocycles. The molecule has 1 amide bonds. The zero-order chi connectivity index (χ0) is 13.2. The van der Waals surface area contributed by atoms with E-state index in [9.17, 15) is 4.79 Å². The Morgan fingerprint density at radius 1 is 1.44 bits per heavy atom. The van der Waals surface area contributed by atoms with Crippen molar-refractivity contribution in [3.05, 3.63) is 30.1 Å². The molecule has 4 heteroatoms. The summed E-state index contributed by atoms with van der Waals surface area (Å²) >= 11 is 0. The summed E-state index contributed by atoms with van der Waals surface area (Å²) in [5, 5.41) is 3.09. The van der Waals surface area contributed by atoms with Crippen molar-refractivity contribution in [2.24, 2.45) is 0 Å². The van der Waals surface area contributed by atoms with Crippen LogP contribution in [-0.2, 0) is 11.3 Å². The predicted octanol–water partition coefficient (Wildman–Crippen LogP) is 1.57. The molecular formula is C14H21N3O.